The van der Waals surface area contributed by atoms with Crippen molar-refractivity contribution in [3.8, 4) is 0 Å². The van der Waals surface area contributed by atoms with E-state index in [9.17, 15) is 4.79 Å². The van der Waals surface area contributed by atoms with Crippen LogP contribution in [0.25, 0.3) is 0 Å². The quantitative estimate of drug-likeness (QED) is 0.868. The Hall–Kier alpha value is -1.43. The van der Waals surface area contributed by atoms with E-state index in [4.69, 9.17) is 4.74 Å². The zero-order valence-electron chi connectivity index (χ0n) is 10.7. The predicted octanol–water partition coefficient (Wildman–Crippen LogP) is 0.970. The Morgan fingerprint density at radius 3 is 3.11 bits per heavy atom. The van der Waals surface area contributed by atoms with Crippen LogP contribution >= 0.6 is 0 Å². The number of aromatic nitrogens is 3. The molecule has 0 aromatic carbocycles. The number of hydrogen-bond donors (Lipinski definition) is 1. The number of anilines is 1. The number of carbonyl (C=O) groups is 1. The lowest BCUT2D eigenvalue weighted by molar-refractivity contribution is -0.118. The van der Waals surface area contributed by atoms with E-state index in [0.29, 0.717) is 24.2 Å². The minimum absolute atomic E-state index is 0.00909. The number of fused-ring (bicyclic) bond motifs is 1. The summed E-state index contributed by atoms with van der Waals surface area (Å²) in [6.45, 7) is 5.28. The SMILES string of the molecule is CCn1nc(C)nc1NC(=O)C1C2CCCOC21. The molecular formula is C12H18N4O2. The average Bonchev–Trinajstić information content (AvgIpc) is 2.99. The number of ether oxygens (including phenoxy) is 1. The highest BCUT2D eigenvalue weighted by Crippen LogP contribution is 2.48. The minimum Gasteiger partial charge on any atom is -0.377 e. The summed E-state index contributed by atoms with van der Waals surface area (Å²) in [7, 11) is 0. The second-order valence-corrected chi connectivity index (χ2v) is 4.95. The van der Waals surface area contributed by atoms with Crippen molar-refractivity contribution in [2.45, 2.75) is 39.3 Å². The van der Waals surface area contributed by atoms with Gasteiger partial charge < -0.3 is 4.74 Å². The summed E-state index contributed by atoms with van der Waals surface area (Å²) >= 11 is 0. The van der Waals surface area contributed by atoms with Crippen molar-refractivity contribution in [2.75, 3.05) is 11.9 Å². The highest BCUT2D eigenvalue weighted by Gasteiger charge is 2.56. The molecule has 0 radical (unpaired) electrons. The molecule has 3 atom stereocenters. The molecule has 6 heteroatoms. The fourth-order valence-corrected chi connectivity index (χ4v) is 2.76. The molecule has 3 rings (SSSR count). The Bertz CT molecular complexity index is 459. The van der Waals surface area contributed by atoms with Gasteiger partial charge in [0.1, 0.15) is 5.82 Å². The molecule has 2 aliphatic rings. The van der Waals surface area contributed by atoms with Crippen LogP contribution in [0.15, 0.2) is 0 Å². The van der Waals surface area contributed by atoms with Gasteiger partial charge in [-0.3, -0.25) is 10.1 Å². The second kappa shape index (κ2) is 4.35. The summed E-state index contributed by atoms with van der Waals surface area (Å²) in [5.41, 5.74) is 0. The molecule has 98 valence electrons. The molecule has 6 nitrogen and oxygen atoms in total. The van der Waals surface area contributed by atoms with Crippen LogP contribution in [0.1, 0.15) is 25.6 Å². The van der Waals surface area contributed by atoms with E-state index in [2.05, 4.69) is 15.4 Å². The van der Waals surface area contributed by atoms with Crippen LogP contribution in [0.3, 0.4) is 0 Å². The van der Waals surface area contributed by atoms with Crippen LogP contribution in [0, 0.1) is 18.8 Å². The van der Waals surface area contributed by atoms with Crippen LogP contribution in [-0.4, -0.2) is 33.4 Å². The van der Waals surface area contributed by atoms with Crippen molar-refractivity contribution in [2.24, 2.45) is 11.8 Å². The first-order chi connectivity index (χ1) is 8.70. The molecule has 0 bridgehead atoms. The number of amides is 1. The van der Waals surface area contributed by atoms with E-state index in [0.717, 1.165) is 19.4 Å². The molecule has 2 fully saturated rings. The van der Waals surface area contributed by atoms with E-state index in [1.54, 1.807) is 4.68 Å². The van der Waals surface area contributed by atoms with Gasteiger partial charge in [0.15, 0.2) is 0 Å². The maximum atomic E-state index is 12.1. The number of rotatable bonds is 3. The zero-order chi connectivity index (χ0) is 12.7. The van der Waals surface area contributed by atoms with Crippen LogP contribution in [0.4, 0.5) is 5.95 Å². The molecule has 1 saturated heterocycles. The van der Waals surface area contributed by atoms with Crippen LogP contribution in [0.2, 0.25) is 0 Å². The molecule has 1 aromatic heterocycles. The number of hydrogen-bond acceptors (Lipinski definition) is 4. The summed E-state index contributed by atoms with van der Waals surface area (Å²) in [6.07, 6.45) is 2.30. The van der Waals surface area contributed by atoms with Gasteiger partial charge in [-0.2, -0.15) is 10.1 Å². The smallest absolute Gasteiger partial charge is 0.232 e. The molecule has 1 saturated carbocycles. The van der Waals surface area contributed by atoms with E-state index < -0.39 is 0 Å². The fourth-order valence-electron chi connectivity index (χ4n) is 2.76. The highest BCUT2D eigenvalue weighted by molar-refractivity contribution is 5.94. The number of nitrogens with zero attached hydrogens (tertiary/aromatic N) is 3. The van der Waals surface area contributed by atoms with Gasteiger partial charge in [0.25, 0.3) is 0 Å². The standard InChI is InChI=1S/C12H18N4O2/c1-3-16-12(13-7(2)15-16)14-11(17)9-8-5-4-6-18-10(8)9/h8-10H,3-6H2,1-2H3,(H,13,14,15,17). The third-order valence-corrected chi connectivity index (χ3v) is 3.70. The van der Waals surface area contributed by atoms with Gasteiger partial charge in [0.05, 0.1) is 12.0 Å². The maximum absolute atomic E-state index is 12.1. The first-order valence-electron chi connectivity index (χ1n) is 6.54. The lowest BCUT2D eigenvalue weighted by Crippen LogP contribution is -2.19. The lowest BCUT2D eigenvalue weighted by Gasteiger charge is -2.07. The normalized spacial score (nSPS) is 29.8. The maximum Gasteiger partial charge on any atom is 0.232 e. The van der Waals surface area contributed by atoms with Crippen LogP contribution in [-0.2, 0) is 16.1 Å². The van der Waals surface area contributed by atoms with Crippen LogP contribution in [0.5, 0.6) is 0 Å². The first kappa shape index (κ1) is 11.6. The van der Waals surface area contributed by atoms with Crippen LogP contribution < -0.4 is 5.32 Å². The second-order valence-electron chi connectivity index (χ2n) is 4.95. The van der Waals surface area contributed by atoms with Gasteiger partial charge in [-0.1, -0.05) is 0 Å². The van der Waals surface area contributed by atoms with E-state index >= 15 is 0 Å². The van der Waals surface area contributed by atoms with Crippen molar-refractivity contribution in [3.05, 3.63) is 5.82 Å². The van der Waals surface area contributed by atoms with Gasteiger partial charge >= 0.3 is 0 Å². The topological polar surface area (TPSA) is 69.0 Å². The molecule has 3 unspecified atom stereocenters. The molecule has 1 amide bonds. The molecule has 1 N–H and O–H groups in total. The Kier molecular flexibility index (Phi) is 2.81. The Labute approximate surface area is 106 Å². The molecule has 1 aliphatic heterocycles. The third kappa shape index (κ3) is 1.90. The minimum atomic E-state index is 0.00909. The lowest BCUT2D eigenvalue weighted by atomic mass is 10.2. The highest BCUT2D eigenvalue weighted by atomic mass is 16.5. The number of aryl methyl sites for hydroxylation is 2. The van der Waals surface area contributed by atoms with E-state index in [1.807, 2.05) is 13.8 Å². The van der Waals surface area contributed by atoms with Gasteiger partial charge in [-0.05, 0) is 26.7 Å². The fraction of sp³-hybridized carbons (Fsp3) is 0.750. The van der Waals surface area contributed by atoms with Gasteiger partial charge in [-0.25, -0.2) is 4.68 Å². The van der Waals surface area contributed by atoms with Gasteiger partial charge in [0.2, 0.25) is 11.9 Å². The summed E-state index contributed by atoms with van der Waals surface area (Å²) < 4.78 is 7.29. The zero-order valence-corrected chi connectivity index (χ0v) is 10.7. The van der Waals surface area contributed by atoms with E-state index in [1.165, 1.54) is 0 Å². The molecule has 1 aliphatic carbocycles. The van der Waals surface area contributed by atoms with Crippen molar-refractivity contribution >= 4 is 11.9 Å². The molecular weight excluding hydrogens is 232 g/mol. The van der Waals surface area contributed by atoms with Crippen molar-refractivity contribution < 1.29 is 9.53 Å². The Morgan fingerprint density at radius 1 is 1.61 bits per heavy atom. The summed E-state index contributed by atoms with van der Waals surface area (Å²) in [5.74, 6) is 1.67. The average molecular weight is 250 g/mol. The van der Waals surface area contributed by atoms with E-state index in [-0.39, 0.29) is 17.9 Å². The first-order valence-corrected chi connectivity index (χ1v) is 6.54. The number of carbonyl (C=O) groups excluding carboxylic acids is 1. The summed E-state index contributed by atoms with van der Waals surface area (Å²) in [6, 6.07) is 0. The number of nitrogens with one attached hydrogen (secondary N) is 1. The Morgan fingerprint density at radius 2 is 2.44 bits per heavy atom. The van der Waals surface area contributed by atoms with Gasteiger partial charge in [0, 0.05) is 19.1 Å². The largest absolute Gasteiger partial charge is 0.377 e. The summed E-state index contributed by atoms with van der Waals surface area (Å²) in [4.78, 5) is 16.4. The Balaban J connectivity index is 1.67. The molecule has 0 spiro atoms. The summed E-state index contributed by atoms with van der Waals surface area (Å²) in [5, 5.41) is 7.08. The van der Waals surface area contributed by atoms with Gasteiger partial charge in [-0.15, -0.1) is 0 Å². The predicted molar refractivity (Wildman–Crippen MR) is 65.0 cm³/mol. The molecule has 18 heavy (non-hydrogen) atoms. The molecule has 2 heterocycles. The van der Waals surface area contributed by atoms with Crippen molar-refractivity contribution in [3.63, 3.8) is 0 Å². The van der Waals surface area contributed by atoms with Crippen molar-refractivity contribution in [1.82, 2.24) is 14.8 Å². The monoisotopic (exact) mass is 250 g/mol. The molecule has 1 aromatic rings. The third-order valence-electron chi connectivity index (χ3n) is 3.70. The van der Waals surface area contributed by atoms with Crippen molar-refractivity contribution in [1.29, 1.82) is 0 Å².